The highest BCUT2D eigenvalue weighted by molar-refractivity contribution is 7.89. The summed E-state index contributed by atoms with van der Waals surface area (Å²) in [6.45, 7) is 0.331. The molecular formula is C16H18Cl2F2N4O4S. The van der Waals surface area contributed by atoms with Crippen LogP contribution >= 0.6 is 23.2 Å². The minimum absolute atomic E-state index is 0.0860. The van der Waals surface area contributed by atoms with Gasteiger partial charge in [0.1, 0.15) is 35.0 Å². The van der Waals surface area contributed by atoms with Crippen molar-refractivity contribution in [3.05, 3.63) is 51.3 Å². The van der Waals surface area contributed by atoms with Crippen molar-refractivity contribution in [1.29, 1.82) is 0 Å². The topological polar surface area (TPSA) is 98.3 Å². The molecule has 1 heterocycles. The van der Waals surface area contributed by atoms with Gasteiger partial charge in [0.25, 0.3) is 0 Å². The third kappa shape index (κ3) is 5.77. The molecule has 0 aliphatic heterocycles. The van der Waals surface area contributed by atoms with Gasteiger partial charge in [0.2, 0.25) is 0 Å². The van der Waals surface area contributed by atoms with Gasteiger partial charge in [-0.05, 0) is 22.6 Å². The van der Waals surface area contributed by atoms with E-state index in [1.165, 1.54) is 11.9 Å². The van der Waals surface area contributed by atoms with Crippen LogP contribution in [-0.4, -0.2) is 47.7 Å². The maximum atomic E-state index is 14.5. The van der Waals surface area contributed by atoms with Crippen LogP contribution in [0.3, 0.4) is 0 Å². The first-order valence-electron chi connectivity index (χ1n) is 8.29. The van der Waals surface area contributed by atoms with Crippen LogP contribution in [0.1, 0.15) is 11.3 Å². The molecule has 0 aliphatic carbocycles. The number of hydrogen-bond donors (Lipinski definition) is 0. The Kier molecular flexibility index (Phi) is 7.78. The zero-order valence-corrected chi connectivity index (χ0v) is 17.6. The molecule has 0 unspecified atom stereocenters. The van der Waals surface area contributed by atoms with Crippen LogP contribution < -0.4 is 4.90 Å². The molecule has 0 fully saturated rings. The lowest BCUT2D eigenvalue weighted by atomic mass is 10.2. The molecule has 8 nitrogen and oxygen atoms in total. The van der Waals surface area contributed by atoms with Crippen molar-refractivity contribution < 1.29 is 22.1 Å². The normalized spacial score (nSPS) is 11.6. The Bertz CT molecular complexity index is 972. The Morgan fingerprint density at radius 2 is 1.72 bits per heavy atom. The van der Waals surface area contributed by atoms with Crippen LogP contribution in [0.25, 0.3) is 0 Å². The molecule has 0 radical (unpaired) electrons. The van der Waals surface area contributed by atoms with Gasteiger partial charge in [-0.25, -0.2) is 21.8 Å². The molecule has 0 bridgehead atoms. The van der Waals surface area contributed by atoms with E-state index in [-0.39, 0.29) is 41.8 Å². The van der Waals surface area contributed by atoms with Gasteiger partial charge in [0, 0.05) is 24.8 Å². The third-order valence-corrected chi connectivity index (χ3v) is 5.93. The lowest BCUT2D eigenvalue weighted by Gasteiger charge is -2.24. The van der Waals surface area contributed by atoms with Crippen LogP contribution in [0.15, 0.2) is 18.3 Å². The van der Waals surface area contributed by atoms with Gasteiger partial charge >= 0.3 is 5.95 Å². The van der Waals surface area contributed by atoms with E-state index in [9.17, 15) is 27.3 Å². The molecule has 0 aliphatic rings. The SMILES string of the molecule is Cn1c(CS(=O)(=O)Cc2cc(F)c(N(CCCl)CCCl)c(F)c2)cnc1[N+](=O)[O-]. The number of halogens is 4. The van der Waals surface area contributed by atoms with Gasteiger partial charge in [-0.15, -0.1) is 23.2 Å². The fourth-order valence-corrected chi connectivity index (χ4v) is 4.71. The zero-order chi connectivity index (χ0) is 21.8. The molecule has 0 amide bonds. The monoisotopic (exact) mass is 470 g/mol. The number of aromatic nitrogens is 2. The predicted octanol–water partition coefficient (Wildman–Crippen LogP) is 3.01. The molecule has 1 aromatic carbocycles. The Morgan fingerprint density at radius 3 is 2.17 bits per heavy atom. The fraction of sp³-hybridized carbons (Fsp3) is 0.438. The summed E-state index contributed by atoms with van der Waals surface area (Å²) in [5, 5.41) is 10.8. The molecule has 0 N–H and O–H groups in total. The lowest BCUT2D eigenvalue weighted by Crippen LogP contribution is -2.29. The fourth-order valence-electron chi connectivity index (χ4n) is 2.81. The number of nitro groups is 1. The third-order valence-electron chi connectivity index (χ3n) is 4.08. The van der Waals surface area contributed by atoms with Crippen molar-refractivity contribution in [2.75, 3.05) is 29.7 Å². The van der Waals surface area contributed by atoms with Crippen LogP contribution in [0, 0.1) is 21.7 Å². The Morgan fingerprint density at radius 1 is 1.17 bits per heavy atom. The summed E-state index contributed by atoms with van der Waals surface area (Å²) in [6, 6.07) is 1.88. The summed E-state index contributed by atoms with van der Waals surface area (Å²) in [6.07, 6.45) is 1.08. The maximum absolute atomic E-state index is 14.5. The van der Waals surface area contributed by atoms with Gasteiger partial charge in [-0.1, -0.05) is 4.98 Å². The highest BCUT2D eigenvalue weighted by atomic mass is 35.5. The van der Waals surface area contributed by atoms with Crippen molar-refractivity contribution in [1.82, 2.24) is 9.55 Å². The number of hydrogen-bond acceptors (Lipinski definition) is 6. The number of anilines is 1. The Hall–Kier alpha value is -1.98. The van der Waals surface area contributed by atoms with E-state index in [2.05, 4.69) is 4.98 Å². The Balaban J connectivity index is 2.26. The van der Waals surface area contributed by atoms with Gasteiger partial charge in [-0.2, -0.15) is 0 Å². The quantitative estimate of drug-likeness (QED) is 0.300. The number of nitrogens with zero attached hydrogens (tertiary/aromatic N) is 4. The van der Waals surface area contributed by atoms with E-state index in [1.54, 1.807) is 0 Å². The lowest BCUT2D eigenvalue weighted by molar-refractivity contribution is -0.396. The summed E-state index contributed by atoms with van der Waals surface area (Å²) in [5.74, 6) is -3.32. The number of benzene rings is 1. The molecule has 0 spiro atoms. The van der Waals surface area contributed by atoms with Crippen molar-refractivity contribution in [2.45, 2.75) is 11.5 Å². The maximum Gasteiger partial charge on any atom is 0.434 e. The largest absolute Gasteiger partial charge is 0.434 e. The molecule has 160 valence electrons. The van der Waals surface area contributed by atoms with E-state index in [0.717, 1.165) is 22.9 Å². The van der Waals surface area contributed by atoms with Gasteiger partial charge in [0.05, 0.1) is 12.8 Å². The summed E-state index contributed by atoms with van der Waals surface area (Å²) >= 11 is 11.3. The first-order valence-corrected chi connectivity index (χ1v) is 11.2. The molecule has 13 heteroatoms. The van der Waals surface area contributed by atoms with E-state index in [0.29, 0.717) is 0 Å². The van der Waals surface area contributed by atoms with Crippen LogP contribution in [0.5, 0.6) is 0 Å². The number of sulfone groups is 1. The standard InChI is InChI=1S/C16H18Cl2F2N4O4S/c1-22-12(8-21-16(22)24(25)26)10-29(27,28)9-11-6-13(19)15(14(20)7-11)23(4-2-17)5-3-18/h6-8H,2-5,9-10H2,1H3. The second-order valence-corrected chi connectivity index (χ2v) is 8.99. The summed E-state index contributed by atoms with van der Waals surface area (Å²) in [5.41, 5.74) is -0.323. The van der Waals surface area contributed by atoms with E-state index < -0.39 is 43.8 Å². The first kappa shape index (κ1) is 23.3. The summed E-state index contributed by atoms with van der Waals surface area (Å²) < 4.78 is 55.0. The molecule has 0 atom stereocenters. The van der Waals surface area contributed by atoms with Crippen LogP contribution in [-0.2, 0) is 28.4 Å². The van der Waals surface area contributed by atoms with Crippen molar-refractivity contribution in [3.8, 4) is 0 Å². The summed E-state index contributed by atoms with van der Waals surface area (Å²) in [7, 11) is -2.57. The van der Waals surface area contributed by atoms with Gasteiger partial charge < -0.3 is 15.0 Å². The average Bonchev–Trinajstić information content (AvgIpc) is 2.94. The molecule has 0 saturated heterocycles. The molecule has 0 saturated carbocycles. The molecule has 2 rings (SSSR count). The second-order valence-electron chi connectivity index (χ2n) is 6.17. The van der Waals surface area contributed by atoms with Crippen LogP contribution in [0.2, 0.25) is 0 Å². The Labute approximate surface area is 176 Å². The highest BCUT2D eigenvalue weighted by Crippen LogP contribution is 2.27. The first-order chi connectivity index (χ1) is 13.6. The smallest absolute Gasteiger partial charge is 0.390 e. The second kappa shape index (κ2) is 9.68. The van der Waals surface area contributed by atoms with Gasteiger partial charge in [0.15, 0.2) is 9.84 Å². The van der Waals surface area contributed by atoms with Crippen molar-refractivity contribution in [3.63, 3.8) is 0 Å². The number of rotatable bonds is 10. The average molecular weight is 471 g/mol. The number of alkyl halides is 2. The molecule has 2 aromatic rings. The zero-order valence-electron chi connectivity index (χ0n) is 15.3. The minimum atomic E-state index is -3.88. The molecule has 1 aromatic heterocycles. The van der Waals surface area contributed by atoms with Gasteiger partial charge in [-0.3, -0.25) is 0 Å². The van der Waals surface area contributed by atoms with E-state index >= 15 is 0 Å². The number of imidazole rings is 1. The van der Waals surface area contributed by atoms with Crippen molar-refractivity contribution >= 4 is 44.7 Å². The highest BCUT2D eigenvalue weighted by Gasteiger charge is 2.24. The van der Waals surface area contributed by atoms with E-state index in [1.807, 2.05) is 0 Å². The summed E-state index contributed by atoms with van der Waals surface area (Å²) in [4.78, 5) is 15.0. The molecular weight excluding hydrogens is 453 g/mol. The van der Waals surface area contributed by atoms with Crippen LogP contribution in [0.4, 0.5) is 20.4 Å². The van der Waals surface area contributed by atoms with Crippen molar-refractivity contribution in [2.24, 2.45) is 7.05 Å². The van der Waals surface area contributed by atoms with E-state index in [4.69, 9.17) is 23.2 Å². The minimum Gasteiger partial charge on any atom is -0.390 e. The molecule has 29 heavy (non-hydrogen) atoms. The predicted molar refractivity (Wildman–Crippen MR) is 106 cm³/mol.